The molecule has 1 aliphatic rings. The quantitative estimate of drug-likeness (QED) is 0.302. The molecule has 0 bridgehead atoms. The first-order valence-electron chi connectivity index (χ1n) is 11.2. The molecular formula is C28H24FNO3S. The monoisotopic (exact) mass is 473 g/mol. The molecule has 2 N–H and O–H groups in total. The lowest BCUT2D eigenvalue weighted by Gasteiger charge is -2.47. The van der Waals surface area contributed by atoms with E-state index in [1.165, 1.54) is 12.1 Å². The Morgan fingerprint density at radius 2 is 1.71 bits per heavy atom. The molecule has 4 nitrogen and oxygen atoms in total. The van der Waals surface area contributed by atoms with Crippen LogP contribution >= 0.6 is 11.3 Å². The molecule has 1 amide bonds. The SMILES string of the molecule is O=C1[C@H](CCC(O)c2ccc(F)cc2)[C@@H](c2ccc(-c3cccc(O)c3)s2)N1c1ccccc1. The zero-order valence-electron chi connectivity index (χ0n) is 18.3. The summed E-state index contributed by atoms with van der Waals surface area (Å²) in [6.45, 7) is 0. The summed E-state index contributed by atoms with van der Waals surface area (Å²) in [5.74, 6) is -0.352. The maximum absolute atomic E-state index is 13.2. The van der Waals surface area contributed by atoms with Gasteiger partial charge in [-0.25, -0.2) is 4.39 Å². The van der Waals surface area contributed by atoms with Gasteiger partial charge in [-0.2, -0.15) is 0 Å². The normalized spacial score (nSPS) is 18.5. The molecule has 6 heteroatoms. The number of phenols is 1. The number of carbonyl (C=O) groups excluding carboxylic acids is 1. The van der Waals surface area contributed by atoms with Crippen molar-refractivity contribution in [2.45, 2.75) is 25.0 Å². The molecule has 5 rings (SSSR count). The number of amides is 1. The number of aliphatic hydroxyl groups excluding tert-OH is 1. The summed E-state index contributed by atoms with van der Waals surface area (Å²) >= 11 is 1.61. The van der Waals surface area contributed by atoms with Gasteiger partial charge >= 0.3 is 0 Å². The molecule has 0 radical (unpaired) electrons. The maximum atomic E-state index is 13.2. The number of β-lactam (4-membered cyclic amide) rings is 1. The second-order valence-electron chi connectivity index (χ2n) is 8.49. The first kappa shape index (κ1) is 22.3. The average Bonchev–Trinajstić information content (AvgIpc) is 3.33. The van der Waals surface area contributed by atoms with E-state index in [1.807, 2.05) is 59.5 Å². The van der Waals surface area contributed by atoms with E-state index < -0.39 is 6.10 Å². The van der Waals surface area contributed by atoms with Crippen LogP contribution in [0.3, 0.4) is 0 Å². The summed E-state index contributed by atoms with van der Waals surface area (Å²) in [4.78, 5) is 17.1. The minimum atomic E-state index is -0.758. The highest BCUT2D eigenvalue weighted by atomic mass is 32.1. The van der Waals surface area contributed by atoms with Gasteiger partial charge in [0.05, 0.1) is 18.1 Å². The second kappa shape index (κ2) is 9.41. The Kier molecular flexibility index (Phi) is 6.18. The Morgan fingerprint density at radius 3 is 2.44 bits per heavy atom. The second-order valence-corrected chi connectivity index (χ2v) is 9.61. The molecule has 1 aliphatic heterocycles. The fourth-order valence-corrected chi connectivity index (χ4v) is 5.71. The van der Waals surface area contributed by atoms with Crippen LogP contribution in [0.5, 0.6) is 5.75 Å². The van der Waals surface area contributed by atoms with Crippen molar-refractivity contribution in [3.63, 3.8) is 0 Å². The number of carbonyl (C=O) groups is 1. The number of halogens is 1. The molecule has 1 unspecified atom stereocenters. The molecule has 0 aliphatic carbocycles. The van der Waals surface area contributed by atoms with Gasteiger partial charge in [0.25, 0.3) is 0 Å². The summed E-state index contributed by atoms with van der Waals surface area (Å²) in [5.41, 5.74) is 2.42. The topological polar surface area (TPSA) is 60.8 Å². The van der Waals surface area contributed by atoms with Crippen LogP contribution in [-0.4, -0.2) is 16.1 Å². The van der Waals surface area contributed by atoms with E-state index in [1.54, 1.807) is 35.6 Å². The number of aromatic hydroxyl groups is 1. The summed E-state index contributed by atoms with van der Waals surface area (Å²) < 4.78 is 13.2. The van der Waals surface area contributed by atoms with Gasteiger partial charge in [-0.3, -0.25) is 4.79 Å². The third-order valence-corrected chi connectivity index (χ3v) is 7.51. The average molecular weight is 474 g/mol. The number of hydrogen-bond acceptors (Lipinski definition) is 4. The number of aliphatic hydroxyl groups is 1. The molecule has 1 saturated heterocycles. The van der Waals surface area contributed by atoms with Crippen LogP contribution in [-0.2, 0) is 4.79 Å². The van der Waals surface area contributed by atoms with Crippen LogP contribution in [0.2, 0.25) is 0 Å². The van der Waals surface area contributed by atoms with Gasteiger partial charge in [0.2, 0.25) is 5.91 Å². The Hall–Kier alpha value is -3.48. The smallest absolute Gasteiger partial charge is 0.233 e. The Morgan fingerprint density at radius 1 is 0.941 bits per heavy atom. The van der Waals surface area contributed by atoms with Crippen LogP contribution in [0.25, 0.3) is 10.4 Å². The molecule has 0 saturated carbocycles. The molecule has 0 spiro atoms. The molecule has 34 heavy (non-hydrogen) atoms. The van der Waals surface area contributed by atoms with Crippen LogP contribution < -0.4 is 4.90 Å². The van der Waals surface area contributed by atoms with Gasteiger partial charge in [0.1, 0.15) is 11.6 Å². The molecule has 172 valence electrons. The minimum Gasteiger partial charge on any atom is -0.508 e. The lowest BCUT2D eigenvalue weighted by molar-refractivity contribution is -0.130. The summed E-state index contributed by atoms with van der Waals surface area (Å²) in [6, 6.07) is 26.5. The third-order valence-electron chi connectivity index (χ3n) is 6.30. The van der Waals surface area contributed by atoms with E-state index in [0.717, 1.165) is 21.0 Å². The van der Waals surface area contributed by atoms with Crippen LogP contribution in [0.4, 0.5) is 10.1 Å². The highest BCUT2D eigenvalue weighted by Crippen LogP contribution is 2.49. The predicted molar refractivity (Wildman–Crippen MR) is 132 cm³/mol. The highest BCUT2D eigenvalue weighted by molar-refractivity contribution is 7.15. The zero-order chi connectivity index (χ0) is 23.7. The Balaban J connectivity index is 1.40. The number of phenolic OH excluding ortho intramolecular Hbond substituents is 1. The van der Waals surface area contributed by atoms with Gasteiger partial charge in [-0.15, -0.1) is 11.3 Å². The van der Waals surface area contributed by atoms with Gasteiger partial charge in [-0.1, -0.05) is 42.5 Å². The van der Waals surface area contributed by atoms with Crippen molar-refractivity contribution in [3.8, 4) is 16.2 Å². The third kappa shape index (κ3) is 4.34. The first-order valence-corrected chi connectivity index (χ1v) is 12.0. The number of thiophene rings is 1. The van der Waals surface area contributed by atoms with E-state index in [2.05, 4.69) is 0 Å². The first-order chi connectivity index (χ1) is 16.5. The zero-order valence-corrected chi connectivity index (χ0v) is 19.2. The van der Waals surface area contributed by atoms with Gasteiger partial charge in [0, 0.05) is 15.4 Å². The van der Waals surface area contributed by atoms with E-state index in [4.69, 9.17) is 0 Å². The van der Waals surface area contributed by atoms with Gasteiger partial charge < -0.3 is 15.1 Å². The summed E-state index contributed by atoms with van der Waals surface area (Å²) in [6.07, 6.45) is 0.169. The van der Waals surface area contributed by atoms with E-state index in [0.29, 0.717) is 18.4 Å². The van der Waals surface area contributed by atoms with E-state index in [9.17, 15) is 19.4 Å². The molecule has 3 atom stereocenters. The number of rotatable bonds is 7. The summed E-state index contributed by atoms with van der Waals surface area (Å²) in [5, 5.41) is 20.5. The standard InChI is InChI=1S/C28H24FNO3S/c29-20-11-9-18(10-12-20)24(32)14-13-23-27(30(28(23)33)21-6-2-1-3-7-21)26-16-15-25(34-26)19-5-4-8-22(31)17-19/h1-12,15-17,23-24,27,31-32H,13-14H2/t23-,24?,27+/m1/s1. The Bertz CT molecular complexity index is 1290. The van der Waals surface area contributed by atoms with Gasteiger partial charge in [-0.05, 0) is 72.5 Å². The fourth-order valence-electron chi connectivity index (χ4n) is 4.55. The number of anilines is 1. The van der Waals surface area contributed by atoms with Crippen molar-refractivity contribution in [3.05, 3.63) is 107 Å². The molecule has 1 aromatic heterocycles. The van der Waals surface area contributed by atoms with E-state index >= 15 is 0 Å². The van der Waals surface area contributed by atoms with Crippen molar-refractivity contribution in [1.82, 2.24) is 0 Å². The molecule has 1 fully saturated rings. The number of nitrogens with zero attached hydrogens (tertiary/aromatic N) is 1. The van der Waals surface area contributed by atoms with E-state index in [-0.39, 0.29) is 29.4 Å². The maximum Gasteiger partial charge on any atom is 0.233 e. The lowest BCUT2D eigenvalue weighted by atomic mass is 9.81. The number of para-hydroxylation sites is 1. The van der Waals surface area contributed by atoms with Crippen molar-refractivity contribution >= 4 is 22.9 Å². The molecular weight excluding hydrogens is 449 g/mol. The van der Waals surface area contributed by atoms with Crippen molar-refractivity contribution in [2.75, 3.05) is 4.90 Å². The largest absolute Gasteiger partial charge is 0.508 e. The lowest BCUT2D eigenvalue weighted by Crippen LogP contribution is -2.55. The Labute approximate surface area is 201 Å². The molecule has 3 aromatic carbocycles. The van der Waals surface area contributed by atoms with Crippen LogP contribution in [0.15, 0.2) is 91.0 Å². The van der Waals surface area contributed by atoms with Gasteiger partial charge in [0.15, 0.2) is 0 Å². The number of hydrogen-bond donors (Lipinski definition) is 2. The molecule has 4 aromatic rings. The van der Waals surface area contributed by atoms with Crippen molar-refractivity contribution in [2.24, 2.45) is 5.92 Å². The predicted octanol–water partition coefficient (Wildman–Crippen LogP) is 6.48. The van der Waals surface area contributed by atoms with Crippen LogP contribution in [0.1, 0.15) is 35.4 Å². The van der Waals surface area contributed by atoms with Crippen molar-refractivity contribution < 1.29 is 19.4 Å². The van der Waals surface area contributed by atoms with Crippen molar-refractivity contribution in [1.29, 1.82) is 0 Å². The fraction of sp³-hybridized carbons (Fsp3) is 0.179. The molecule has 2 heterocycles. The minimum absolute atomic E-state index is 0.0369. The summed E-state index contributed by atoms with van der Waals surface area (Å²) in [7, 11) is 0. The van der Waals surface area contributed by atoms with Crippen LogP contribution in [0, 0.1) is 11.7 Å². The number of benzene rings is 3. The highest BCUT2D eigenvalue weighted by Gasteiger charge is 2.49.